The molecular formula is C21H33N3O2. The lowest BCUT2D eigenvalue weighted by molar-refractivity contribution is -0.160. The average Bonchev–Trinajstić information content (AvgIpc) is 2.60. The summed E-state index contributed by atoms with van der Waals surface area (Å²) >= 11 is 0. The number of amides is 1. The van der Waals surface area contributed by atoms with Crippen LogP contribution in [0.2, 0.25) is 0 Å². The number of likely N-dealkylation sites (tertiary alicyclic amines) is 2. The van der Waals surface area contributed by atoms with Crippen molar-refractivity contribution in [3.05, 3.63) is 35.4 Å². The van der Waals surface area contributed by atoms with Crippen molar-refractivity contribution in [1.82, 2.24) is 14.7 Å². The SMILES string of the molecule is Cc1cccc(CN2CCC[C@@](O)(CN(C)C3CCN(C)CC3)C2=O)c1. The van der Waals surface area contributed by atoms with E-state index < -0.39 is 5.60 Å². The summed E-state index contributed by atoms with van der Waals surface area (Å²) in [6, 6.07) is 8.72. The second kappa shape index (κ2) is 8.07. The topological polar surface area (TPSA) is 47.0 Å². The fourth-order valence-electron chi connectivity index (χ4n) is 4.37. The molecule has 0 bridgehead atoms. The van der Waals surface area contributed by atoms with Crippen LogP contribution >= 0.6 is 0 Å². The number of carbonyl (C=O) groups excluding carboxylic acids is 1. The molecular weight excluding hydrogens is 326 g/mol. The molecule has 0 saturated carbocycles. The summed E-state index contributed by atoms with van der Waals surface area (Å²) in [5.74, 6) is -0.106. The van der Waals surface area contributed by atoms with Crippen LogP contribution < -0.4 is 0 Å². The third kappa shape index (κ3) is 4.45. The smallest absolute Gasteiger partial charge is 0.256 e. The van der Waals surface area contributed by atoms with Crippen LogP contribution in [0.1, 0.15) is 36.8 Å². The number of benzene rings is 1. The summed E-state index contributed by atoms with van der Waals surface area (Å²) in [4.78, 5) is 19.4. The second-order valence-electron chi connectivity index (χ2n) is 8.30. The minimum Gasteiger partial charge on any atom is -0.379 e. The minimum absolute atomic E-state index is 0.106. The quantitative estimate of drug-likeness (QED) is 0.872. The summed E-state index contributed by atoms with van der Waals surface area (Å²) < 4.78 is 0. The van der Waals surface area contributed by atoms with Gasteiger partial charge in [0, 0.05) is 25.7 Å². The van der Waals surface area contributed by atoms with Crippen molar-refractivity contribution in [2.24, 2.45) is 0 Å². The Labute approximate surface area is 157 Å². The maximum absolute atomic E-state index is 13.0. The summed E-state index contributed by atoms with van der Waals surface area (Å²) in [7, 11) is 4.21. The van der Waals surface area contributed by atoms with E-state index in [1.165, 1.54) is 5.56 Å². The monoisotopic (exact) mass is 359 g/mol. The van der Waals surface area contributed by atoms with Crippen molar-refractivity contribution in [3.63, 3.8) is 0 Å². The molecule has 0 aromatic heterocycles. The molecule has 0 aliphatic carbocycles. The van der Waals surface area contributed by atoms with Crippen LogP contribution in [0.4, 0.5) is 0 Å². The van der Waals surface area contributed by atoms with Crippen LogP contribution in [-0.4, -0.2) is 77.6 Å². The molecule has 5 heteroatoms. The van der Waals surface area contributed by atoms with Gasteiger partial charge in [-0.3, -0.25) is 9.69 Å². The number of aryl methyl sites for hydroxylation is 1. The van der Waals surface area contributed by atoms with E-state index in [0.717, 1.165) is 44.5 Å². The van der Waals surface area contributed by atoms with Gasteiger partial charge in [0.05, 0.1) is 0 Å². The zero-order chi connectivity index (χ0) is 18.7. The highest BCUT2D eigenvalue weighted by molar-refractivity contribution is 5.86. The van der Waals surface area contributed by atoms with E-state index in [1.807, 2.05) is 11.0 Å². The zero-order valence-electron chi connectivity index (χ0n) is 16.4. The average molecular weight is 360 g/mol. The van der Waals surface area contributed by atoms with E-state index >= 15 is 0 Å². The first-order valence-corrected chi connectivity index (χ1v) is 9.83. The summed E-state index contributed by atoms with van der Waals surface area (Å²) in [5, 5.41) is 11.2. The third-order valence-electron chi connectivity index (χ3n) is 5.98. The van der Waals surface area contributed by atoms with Crippen molar-refractivity contribution in [2.75, 3.05) is 40.3 Å². The van der Waals surface area contributed by atoms with Crippen LogP contribution in [-0.2, 0) is 11.3 Å². The normalized spacial score (nSPS) is 25.9. The fraction of sp³-hybridized carbons (Fsp3) is 0.667. The van der Waals surface area contributed by atoms with E-state index in [0.29, 0.717) is 25.6 Å². The predicted molar refractivity (Wildman–Crippen MR) is 104 cm³/mol. The number of piperidine rings is 2. The number of hydrogen-bond donors (Lipinski definition) is 1. The molecule has 0 radical (unpaired) electrons. The molecule has 1 aromatic rings. The van der Waals surface area contributed by atoms with Crippen LogP contribution in [0.3, 0.4) is 0 Å². The lowest BCUT2D eigenvalue weighted by atomic mass is 9.89. The Bertz CT molecular complexity index is 627. The summed E-state index contributed by atoms with van der Waals surface area (Å²) in [5.41, 5.74) is 1.08. The first-order chi connectivity index (χ1) is 12.4. The molecule has 1 atom stereocenters. The molecule has 2 fully saturated rings. The number of aliphatic hydroxyl groups is 1. The third-order valence-corrected chi connectivity index (χ3v) is 5.98. The van der Waals surface area contributed by atoms with Crippen molar-refractivity contribution in [3.8, 4) is 0 Å². The van der Waals surface area contributed by atoms with Crippen molar-refractivity contribution >= 4 is 5.91 Å². The van der Waals surface area contributed by atoms with Gasteiger partial charge in [-0.15, -0.1) is 0 Å². The maximum Gasteiger partial charge on any atom is 0.256 e. The molecule has 1 N–H and O–H groups in total. The Kier molecular flexibility index (Phi) is 6.00. The van der Waals surface area contributed by atoms with Gasteiger partial charge in [0.2, 0.25) is 0 Å². The summed E-state index contributed by atoms with van der Waals surface area (Å²) in [6.07, 6.45) is 3.62. The Morgan fingerprint density at radius 1 is 1.27 bits per heavy atom. The van der Waals surface area contributed by atoms with Crippen molar-refractivity contribution < 1.29 is 9.90 Å². The Morgan fingerprint density at radius 3 is 2.69 bits per heavy atom. The van der Waals surface area contributed by atoms with E-state index in [-0.39, 0.29) is 5.91 Å². The standard InChI is InChI=1S/C21H33N3O2/c1-17-6-4-7-18(14-17)15-24-11-5-10-21(26,20(24)25)16-23(3)19-8-12-22(2)13-9-19/h4,6-7,14,19,26H,5,8-13,15-16H2,1-3H3/t21-/m1/s1. The van der Waals surface area contributed by atoms with Crippen LogP contribution in [0.25, 0.3) is 0 Å². The number of rotatable bonds is 5. The molecule has 2 aliphatic heterocycles. The Morgan fingerprint density at radius 2 is 2.00 bits per heavy atom. The van der Waals surface area contributed by atoms with E-state index in [1.54, 1.807) is 0 Å². The summed E-state index contributed by atoms with van der Waals surface area (Å²) in [6.45, 7) is 5.98. The lowest BCUT2D eigenvalue weighted by Crippen LogP contribution is -2.59. The number of nitrogens with zero attached hydrogens (tertiary/aromatic N) is 3. The van der Waals surface area contributed by atoms with Gasteiger partial charge in [0.15, 0.2) is 5.60 Å². The van der Waals surface area contributed by atoms with Gasteiger partial charge in [-0.25, -0.2) is 0 Å². The molecule has 2 heterocycles. The van der Waals surface area contributed by atoms with Crippen molar-refractivity contribution in [2.45, 2.75) is 50.8 Å². The Balaban J connectivity index is 1.63. The molecule has 3 rings (SSSR count). The van der Waals surface area contributed by atoms with Gasteiger partial charge in [-0.2, -0.15) is 0 Å². The van der Waals surface area contributed by atoms with Gasteiger partial charge in [-0.1, -0.05) is 29.8 Å². The highest BCUT2D eigenvalue weighted by Crippen LogP contribution is 2.27. The van der Waals surface area contributed by atoms with Gasteiger partial charge in [-0.05, 0) is 65.4 Å². The van der Waals surface area contributed by atoms with Crippen LogP contribution in [0.15, 0.2) is 24.3 Å². The van der Waals surface area contributed by atoms with Gasteiger partial charge >= 0.3 is 0 Å². The maximum atomic E-state index is 13.0. The molecule has 1 aromatic carbocycles. The molecule has 144 valence electrons. The highest BCUT2D eigenvalue weighted by Gasteiger charge is 2.43. The molecule has 2 aliphatic rings. The fourth-order valence-corrected chi connectivity index (χ4v) is 4.37. The Hall–Kier alpha value is -1.43. The van der Waals surface area contributed by atoms with Gasteiger partial charge < -0.3 is 14.9 Å². The molecule has 2 saturated heterocycles. The van der Waals surface area contributed by atoms with E-state index in [9.17, 15) is 9.90 Å². The number of hydrogen-bond acceptors (Lipinski definition) is 4. The van der Waals surface area contributed by atoms with E-state index in [2.05, 4.69) is 49.0 Å². The molecule has 0 spiro atoms. The van der Waals surface area contributed by atoms with Crippen LogP contribution in [0.5, 0.6) is 0 Å². The minimum atomic E-state index is -1.25. The first kappa shape index (κ1) is 19.3. The molecule has 5 nitrogen and oxygen atoms in total. The molecule has 1 amide bonds. The van der Waals surface area contributed by atoms with E-state index in [4.69, 9.17) is 0 Å². The first-order valence-electron chi connectivity index (χ1n) is 9.83. The lowest BCUT2D eigenvalue weighted by Gasteiger charge is -2.43. The van der Waals surface area contributed by atoms with Crippen molar-refractivity contribution in [1.29, 1.82) is 0 Å². The van der Waals surface area contributed by atoms with Gasteiger partial charge in [0.1, 0.15) is 0 Å². The zero-order valence-corrected chi connectivity index (χ0v) is 16.4. The van der Waals surface area contributed by atoms with Crippen LogP contribution in [0, 0.1) is 6.92 Å². The highest BCUT2D eigenvalue weighted by atomic mass is 16.3. The largest absolute Gasteiger partial charge is 0.379 e. The second-order valence-corrected chi connectivity index (χ2v) is 8.30. The van der Waals surface area contributed by atoms with Gasteiger partial charge in [0.25, 0.3) is 5.91 Å². The molecule has 26 heavy (non-hydrogen) atoms. The number of likely N-dealkylation sites (N-methyl/N-ethyl adjacent to an activating group) is 1. The predicted octanol–water partition coefficient (Wildman–Crippen LogP) is 1.87. The number of carbonyl (C=O) groups is 1. The molecule has 0 unspecified atom stereocenters.